The third-order valence-corrected chi connectivity index (χ3v) is 2.37. The van der Waals surface area contributed by atoms with Crippen molar-refractivity contribution in [3.63, 3.8) is 0 Å². The molecule has 0 radical (unpaired) electrons. The zero-order chi connectivity index (χ0) is 12.3. The topological polar surface area (TPSA) is 29.5 Å². The second-order valence-corrected chi connectivity index (χ2v) is 3.54. The molecule has 0 aliphatic heterocycles. The summed E-state index contributed by atoms with van der Waals surface area (Å²) >= 11 is 0. The van der Waals surface area contributed by atoms with Crippen LogP contribution in [-0.4, -0.2) is 18.8 Å². The summed E-state index contributed by atoms with van der Waals surface area (Å²) in [7, 11) is 1.31. The number of methoxy groups -OCH3 is 1. The van der Waals surface area contributed by atoms with Crippen molar-refractivity contribution in [3.8, 4) is 5.75 Å². The molecule has 5 heteroatoms. The minimum atomic E-state index is -4.38. The van der Waals surface area contributed by atoms with Gasteiger partial charge in [-0.3, -0.25) is 0 Å². The van der Waals surface area contributed by atoms with Crippen molar-refractivity contribution in [2.24, 2.45) is 0 Å². The number of aliphatic hydroxyl groups excluding tert-OH is 1. The number of rotatable bonds is 3. The quantitative estimate of drug-likeness (QED) is 0.871. The van der Waals surface area contributed by atoms with Gasteiger partial charge in [0.25, 0.3) is 0 Å². The molecule has 0 spiro atoms. The third-order valence-electron chi connectivity index (χ3n) is 2.37. The highest BCUT2D eigenvalue weighted by atomic mass is 19.4. The average molecular weight is 234 g/mol. The first-order valence-corrected chi connectivity index (χ1v) is 4.76. The summed E-state index contributed by atoms with van der Waals surface area (Å²) in [5.41, 5.74) is -0.184. The first kappa shape index (κ1) is 12.8. The van der Waals surface area contributed by atoms with Gasteiger partial charge >= 0.3 is 6.18 Å². The van der Waals surface area contributed by atoms with Crippen LogP contribution in [0.5, 0.6) is 5.75 Å². The molecule has 1 unspecified atom stereocenters. The van der Waals surface area contributed by atoms with Gasteiger partial charge in [0.15, 0.2) is 0 Å². The zero-order valence-corrected chi connectivity index (χ0v) is 9.01. The maximum absolute atomic E-state index is 12.4. The summed E-state index contributed by atoms with van der Waals surface area (Å²) in [6, 6.07) is 3.27. The van der Waals surface area contributed by atoms with Gasteiger partial charge in [-0.05, 0) is 17.7 Å². The van der Waals surface area contributed by atoms with Gasteiger partial charge in [0.2, 0.25) is 0 Å². The number of halogens is 3. The fraction of sp³-hybridized carbons (Fsp3) is 0.455. The van der Waals surface area contributed by atoms with Crippen LogP contribution in [0.3, 0.4) is 0 Å². The van der Waals surface area contributed by atoms with E-state index >= 15 is 0 Å². The molecule has 90 valence electrons. The lowest BCUT2D eigenvalue weighted by Crippen LogP contribution is -2.08. The van der Waals surface area contributed by atoms with E-state index in [9.17, 15) is 13.2 Å². The van der Waals surface area contributed by atoms with Crippen LogP contribution in [0.4, 0.5) is 13.2 Å². The fourth-order valence-corrected chi connectivity index (χ4v) is 1.39. The molecular weight excluding hydrogens is 221 g/mol. The molecule has 0 bridgehead atoms. The summed E-state index contributed by atoms with van der Waals surface area (Å²) in [6.45, 7) is 1.58. The van der Waals surface area contributed by atoms with Crippen molar-refractivity contribution in [3.05, 3.63) is 29.3 Å². The second kappa shape index (κ2) is 4.74. The van der Waals surface area contributed by atoms with Gasteiger partial charge in [-0.2, -0.15) is 13.2 Å². The normalized spacial score (nSPS) is 13.6. The molecule has 0 aliphatic rings. The van der Waals surface area contributed by atoms with Gasteiger partial charge < -0.3 is 9.84 Å². The molecule has 0 heterocycles. The highest BCUT2D eigenvalue weighted by Crippen LogP contribution is 2.35. The fourth-order valence-electron chi connectivity index (χ4n) is 1.39. The van der Waals surface area contributed by atoms with Gasteiger partial charge in [-0.1, -0.05) is 13.0 Å². The lowest BCUT2D eigenvalue weighted by Gasteiger charge is -2.15. The summed E-state index contributed by atoms with van der Waals surface area (Å²) in [5, 5.41) is 8.96. The highest BCUT2D eigenvalue weighted by molar-refractivity contribution is 5.40. The van der Waals surface area contributed by atoms with Gasteiger partial charge in [0, 0.05) is 12.5 Å². The molecule has 1 aromatic rings. The van der Waals surface area contributed by atoms with Crippen LogP contribution in [0.15, 0.2) is 18.2 Å². The van der Waals surface area contributed by atoms with Crippen molar-refractivity contribution < 1.29 is 23.0 Å². The minimum Gasteiger partial charge on any atom is -0.496 e. The summed E-state index contributed by atoms with van der Waals surface area (Å²) in [4.78, 5) is 0. The molecule has 1 aromatic carbocycles. The molecule has 0 amide bonds. The Kier molecular flexibility index (Phi) is 3.80. The average Bonchev–Trinajstić information content (AvgIpc) is 2.26. The standard InChI is InChI=1S/C11H13F3O2/c1-7(6-15)9-4-3-8(11(12,13)14)5-10(9)16-2/h3-5,7,15H,6H2,1-2H3. The number of hydrogen-bond acceptors (Lipinski definition) is 2. The summed E-state index contributed by atoms with van der Waals surface area (Å²) < 4.78 is 42.1. The Balaban J connectivity index is 3.17. The molecular formula is C11H13F3O2. The Morgan fingerprint density at radius 1 is 1.38 bits per heavy atom. The number of benzene rings is 1. The highest BCUT2D eigenvalue weighted by Gasteiger charge is 2.31. The van der Waals surface area contributed by atoms with E-state index in [1.807, 2.05) is 0 Å². The van der Waals surface area contributed by atoms with Crippen LogP contribution in [-0.2, 0) is 6.18 Å². The first-order valence-electron chi connectivity index (χ1n) is 4.76. The monoisotopic (exact) mass is 234 g/mol. The van der Waals surface area contributed by atoms with Crippen molar-refractivity contribution in [1.29, 1.82) is 0 Å². The molecule has 0 saturated carbocycles. The molecule has 1 N–H and O–H groups in total. The van der Waals surface area contributed by atoms with E-state index in [0.29, 0.717) is 5.56 Å². The Morgan fingerprint density at radius 2 is 2.00 bits per heavy atom. The summed E-state index contributed by atoms with van der Waals surface area (Å²) in [5.74, 6) is -0.103. The van der Waals surface area contributed by atoms with E-state index in [4.69, 9.17) is 9.84 Å². The number of alkyl halides is 3. The van der Waals surface area contributed by atoms with Crippen molar-refractivity contribution >= 4 is 0 Å². The van der Waals surface area contributed by atoms with Gasteiger partial charge in [0.05, 0.1) is 12.7 Å². The van der Waals surface area contributed by atoms with Crippen LogP contribution < -0.4 is 4.74 Å². The molecule has 2 nitrogen and oxygen atoms in total. The van der Waals surface area contributed by atoms with E-state index in [1.165, 1.54) is 13.2 Å². The first-order chi connectivity index (χ1) is 7.40. The molecule has 0 saturated heterocycles. The van der Waals surface area contributed by atoms with Crippen molar-refractivity contribution in [2.45, 2.75) is 19.0 Å². The molecule has 1 atom stereocenters. The van der Waals surface area contributed by atoms with Crippen LogP contribution in [0.2, 0.25) is 0 Å². The van der Waals surface area contributed by atoms with E-state index in [-0.39, 0.29) is 18.3 Å². The van der Waals surface area contributed by atoms with Crippen LogP contribution in [0.1, 0.15) is 24.0 Å². The smallest absolute Gasteiger partial charge is 0.416 e. The predicted octanol–water partition coefficient (Wildman–Crippen LogP) is 2.81. The Hall–Kier alpha value is -1.23. The Labute approximate surface area is 91.7 Å². The lowest BCUT2D eigenvalue weighted by molar-refractivity contribution is -0.137. The molecule has 0 aliphatic carbocycles. The molecule has 0 fully saturated rings. The predicted molar refractivity (Wildman–Crippen MR) is 53.5 cm³/mol. The molecule has 16 heavy (non-hydrogen) atoms. The van der Waals surface area contributed by atoms with Crippen LogP contribution >= 0.6 is 0 Å². The number of ether oxygens (including phenoxy) is 1. The van der Waals surface area contributed by atoms with Crippen LogP contribution in [0.25, 0.3) is 0 Å². The molecule has 0 aromatic heterocycles. The lowest BCUT2D eigenvalue weighted by atomic mass is 9.99. The van der Waals surface area contributed by atoms with Crippen LogP contribution in [0, 0.1) is 0 Å². The maximum atomic E-state index is 12.4. The Bertz CT molecular complexity index is 361. The minimum absolute atomic E-state index is 0.137. The van der Waals surface area contributed by atoms with Gasteiger partial charge in [-0.25, -0.2) is 0 Å². The zero-order valence-electron chi connectivity index (χ0n) is 9.01. The van der Waals surface area contributed by atoms with E-state index in [0.717, 1.165) is 12.1 Å². The SMILES string of the molecule is COc1cc(C(F)(F)F)ccc1C(C)CO. The molecule has 1 rings (SSSR count). The van der Waals surface area contributed by atoms with Gasteiger partial charge in [0.1, 0.15) is 5.75 Å². The van der Waals surface area contributed by atoms with E-state index in [2.05, 4.69) is 0 Å². The Morgan fingerprint density at radius 3 is 2.44 bits per heavy atom. The summed E-state index contributed by atoms with van der Waals surface area (Å²) in [6.07, 6.45) is -4.38. The van der Waals surface area contributed by atoms with Gasteiger partial charge in [-0.15, -0.1) is 0 Å². The van der Waals surface area contributed by atoms with Crippen molar-refractivity contribution in [1.82, 2.24) is 0 Å². The largest absolute Gasteiger partial charge is 0.496 e. The maximum Gasteiger partial charge on any atom is 0.416 e. The van der Waals surface area contributed by atoms with Crippen molar-refractivity contribution in [2.75, 3.05) is 13.7 Å². The number of hydrogen-bond donors (Lipinski definition) is 1. The second-order valence-electron chi connectivity index (χ2n) is 3.54. The third kappa shape index (κ3) is 2.66. The van der Waals surface area contributed by atoms with E-state index in [1.54, 1.807) is 6.92 Å². The van der Waals surface area contributed by atoms with E-state index < -0.39 is 11.7 Å². The number of aliphatic hydroxyl groups is 1.